The molecule has 0 bridgehead atoms. The minimum Gasteiger partial charge on any atom is -0.383 e. The summed E-state index contributed by atoms with van der Waals surface area (Å²) < 4.78 is 6.84. The first-order chi connectivity index (χ1) is 21.0. The monoisotopic (exact) mass is 580 g/mol. The lowest BCUT2D eigenvalue weighted by atomic mass is 9.90. The van der Waals surface area contributed by atoms with E-state index in [1.54, 1.807) is 29.1 Å². The van der Waals surface area contributed by atoms with Crippen molar-refractivity contribution in [2.75, 3.05) is 35.8 Å². The summed E-state index contributed by atoms with van der Waals surface area (Å²) in [6.07, 6.45) is 10.2. The van der Waals surface area contributed by atoms with Crippen LogP contribution in [0, 0.1) is 11.3 Å². The van der Waals surface area contributed by atoms with Crippen LogP contribution in [0.25, 0.3) is 11.1 Å². The van der Waals surface area contributed by atoms with E-state index in [1.807, 2.05) is 55.7 Å². The number of hydrogen-bond donors (Lipinski definition) is 3. The van der Waals surface area contributed by atoms with Gasteiger partial charge in [-0.05, 0) is 43.4 Å². The Morgan fingerprint density at radius 3 is 2.56 bits per heavy atom. The van der Waals surface area contributed by atoms with Gasteiger partial charge in [0.1, 0.15) is 23.3 Å². The number of carbonyl (C=O) groups is 1. The number of nitrogens with zero attached hydrogens (tertiary/aromatic N) is 7. The Morgan fingerprint density at radius 1 is 1.07 bits per heavy atom. The van der Waals surface area contributed by atoms with E-state index in [2.05, 4.69) is 37.1 Å². The Bertz CT molecular complexity index is 1530. The van der Waals surface area contributed by atoms with Crippen LogP contribution in [0.15, 0.2) is 67.3 Å². The molecule has 0 saturated heterocycles. The number of hydrogen-bond acceptors (Lipinski definition) is 9. The van der Waals surface area contributed by atoms with Crippen LogP contribution >= 0.6 is 0 Å². The van der Waals surface area contributed by atoms with E-state index in [1.165, 1.54) is 6.20 Å². The molecule has 12 heteroatoms. The van der Waals surface area contributed by atoms with E-state index in [9.17, 15) is 10.1 Å². The summed E-state index contributed by atoms with van der Waals surface area (Å²) in [5.74, 6) is 1.55. The molecule has 4 aromatic rings. The van der Waals surface area contributed by atoms with Gasteiger partial charge < -0.3 is 20.7 Å². The van der Waals surface area contributed by atoms with Crippen LogP contribution in [-0.4, -0.2) is 63.1 Å². The van der Waals surface area contributed by atoms with E-state index >= 15 is 0 Å². The van der Waals surface area contributed by atoms with Crippen LogP contribution in [0.1, 0.15) is 36.8 Å². The highest BCUT2D eigenvalue weighted by Gasteiger charge is 2.31. The molecule has 1 aliphatic carbocycles. The topological polar surface area (TPSA) is 146 Å². The minimum atomic E-state index is -0.177. The maximum atomic E-state index is 13.6. The standard InChI is InChI=1S/C31H36N10O2/c1-40-21-25(20-37-40)23-8-13-28(34-18-23)41(31(42)36-17-22-6-4-3-5-7-22)27-11-9-26(10-12-27)38-30-35-19-24(16-32)29(39-30)33-14-15-43-2/h3-8,13,18-21,26-27H,9-12,14-15,17H2,1-2H3,(H,36,42)(H2,33,35,38,39). The van der Waals surface area contributed by atoms with Crippen LogP contribution in [-0.2, 0) is 18.3 Å². The molecule has 2 amide bonds. The van der Waals surface area contributed by atoms with Crippen molar-refractivity contribution in [2.24, 2.45) is 7.05 Å². The fraction of sp³-hybridized carbons (Fsp3) is 0.355. The summed E-state index contributed by atoms with van der Waals surface area (Å²) in [4.78, 5) is 29.0. The molecule has 12 nitrogen and oxygen atoms in total. The molecule has 1 fully saturated rings. The van der Waals surface area contributed by atoms with Crippen LogP contribution in [0.5, 0.6) is 0 Å². The lowest BCUT2D eigenvalue weighted by molar-refractivity contribution is 0.210. The molecule has 3 N–H and O–H groups in total. The van der Waals surface area contributed by atoms with Crippen molar-refractivity contribution in [3.8, 4) is 17.2 Å². The van der Waals surface area contributed by atoms with Gasteiger partial charge in [-0.2, -0.15) is 15.3 Å². The fourth-order valence-electron chi connectivity index (χ4n) is 5.19. The fourth-order valence-corrected chi connectivity index (χ4v) is 5.19. The molecular formula is C31H36N10O2. The molecule has 43 heavy (non-hydrogen) atoms. The predicted octanol–water partition coefficient (Wildman–Crippen LogP) is 4.34. The largest absolute Gasteiger partial charge is 0.383 e. The van der Waals surface area contributed by atoms with Gasteiger partial charge in [-0.3, -0.25) is 9.58 Å². The van der Waals surface area contributed by atoms with Gasteiger partial charge in [-0.15, -0.1) is 0 Å². The molecular weight excluding hydrogens is 544 g/mol. The number of rotatable bonds is 11. The lowest BCUT2D eigenvalue weighted by Crippen LogP contribution is -2.49. The van der Waals surface area contributed by atoms with Gasteiger partial charge in [0.05, 0.1) is 19.0 Å². The predicted molar refractivity (Wildman–Crippen MR) is 164 cm³/mol. The molecule has 3 heterocycles. The van der Waals surface area contributed by atoms with Crippen LogP contribution < -0.4 is 20.9 Å². The molecule has 3 aromatic heterocycles. The summed E-state index contributed by atoms with van der Waals surface area (Å²) >= 11 is 0. The number of aromatic nitrogens is 5. The number of nitriles is 1. The molecule has 0 radical (unpaired) electrons. The normalized spacial score (nSPS) is 16.2. The van der Waals surface area contributed by atoms with Gasteiger partial charge in [0, 0.05) is 62.9 Å². The Hall–Kier alpha value is -5.02. The van der Waals surface area contributed by atoms with Crippen molar-refractivity contribution in [3.63, 3.8) is 0 Å². The van der Waals surface area contributed by atoms with Crippen molar-refractivity contribution in [2.45, 2.75) is 44.3 Å². The van der Waals surface area contributed by atoms with E-state index in [4.69, 9.17) is 9.72 Å². The molecule has 1 aliphatic rings. The average Bonchev–Trinajstić information content (AvgIpc) is 3.48. The second-order valence-corrected chi connectivity index (χ2v) is 10.5. The van der Waals surface area contributed by atoms with Gasteiger partial charge in [0.15, 0.2) is 0 Å². The minimum absolute atomic E-state index is 0.0290. The molecule has 1 aromatic carbocycles. The van der Waals surface area contributed by atoms with Crippen LogP contribution in [0.4, 0.5) is 22.4 Å². The molecule has 0 atom stereocenters. The number of amides is 2. The zero-order valence-corrected chi connectivity index (χ0v) is 24.4. The molecule has 0 spiro atoms. The second kappa shape index (κ2) is 14.2. The summed E-state index contributed by atoms with van der Waals surface area (Å²) in [5, 5.41) is 23.3. The molecule has 1 saturated carbocycles. The summed E-state index contributed by atoms with van der Waals surface area (Å²) in [7, 11) is 3.50. The van der Waals surface area contributed by atoms with E-state index in [0.29, 0.717) is 42.8 Å². The Kier molecular flexibility index (Phi) is 9.76. The highest BCUT2D eigenvalue weighted by atomic mass is 16.5. The number of aryl methyl sites for hydroxylation is 1. The number of methoxy groups -OCH3 is 1. The summed E-state index contributed by atoms with van der Waals surface area (Å²) in [6.45, 7) is 1.46. The maximum Gasteiger partial charge on any atom is 0.323 e. The zero-order chi connectivity index (χ0) is 30.0. The van der Waals surface area contributed by atoms with Gasteiger partial charge in [0.2, 0.25) is 5.95 Å². The van der Waals surface area contributed by atoms with Crippen molar-refractivity contribution < 1.29 is 9.53 Å². The first-order valence-electron chi connectivity index (χ1n) is 14.4. The molecule has 0 unspecified atom stereocenters. The van der Waals surface area contributed by atoms with Gasteiger partial charge in [0.25, 0.3) is 0 Å². The Labute approximate surface area is 251 Å². The average molecular weight is 581 g/mol. The SMILES string of the molecule is COCCNc1nc(NC2CCC(N(C(=O)NCc3ccccc3)c3ccc(-c4cnn(C)c4)cn3)CC2)ncc1C#N. The number of pyridine rings is 1. The van der Waals surface area contributed by atoms with Crippen molar-refractivity contribution in [1.29, 1.82) is 5.26 Å². The number of urea groups is 1. The first kappa shape index (κ1) is 29.5. The van der Waals surface area contributed by atoms with E-state index < -0.39 is 0 Å². The summed E-state index contributed by atoms with van der Waals surface area (Å²) in [5.41, 5.74) is 3.31. The third-order valence-corrected chi connectivity index (χ3v) is 7.44. The smallest absolute Gasteiger partial charge is 0.323 e. The maximum absolute atomic E-state index is 13.6. The first-order valence-corrected chi connectivity index (χ1v) is 14.4. The second-order valence-electron chi connectivity index (χ2n) is 10.5. The van der Waals surface area contributed by atoms with Crippen molar-refractivity contribution in [1.82, 2.24) is 30.0 Å². The number of benzene rings is 1. The van der Waals surface area contributed by atoms with E-state index in [0.717, 1.165) is 42.4 Å². The summed E-state index contributed by atoms with van der Waals surface area (Å²) in [6, 6.07) is 15.8. The molecule has 5 rings (SSSR count). The number of nitrogens with one attached hydrogen (secondary N) is 3. The highest BCUT2D eigenvalue weighted by molar-refractivity contribution is 5.91. The van der Waals surface area contributed by atoms with E-state index in [-0.39, 0.29) is 18.1 Å². The van der Waals surface area contributed by atoms with Gasteiger partial charge in [-0.1, -0.05) is 30.3 Å². The third kappa shape index (κ3) is 7.64. The number of carbonyl (C=O) groups excluding carboxylic acids is 1. The van der Waals surface area contributed by atoms with Gasteiger partial charge in [-0.25, -0.2) is 14.8 Å². The molecule has 222 valence electrons. The Morgan fingerprint density at radius 2 is 1.88 bits per heavy atom. The third-order valence-electron chi connectivity index (χ3n) is 7.44. The number of ether oxygens (including phenoxy) is 1. The van der Waals surface area contributed by atoms with Crippen molar-refractivity contribution in [3.05, 3.63) is 78.4 Å². The Balaban J connectivity index is 1.27. The lowest BCUT2D eigenvalue weighted by Gasteiger charge is -2.36. The van der Waals surface area contributed by atoms with Crippen LogP contribution in [0.2, 0.25) is 0 Å². The van der Waals surface area contributed by atoms with Gasteiger partial charge >= 0.3 is 6.03 Å². The van der Waals surface area contributed by atoms with Crippen LogP contribution in [0.3, 0.4) is 0 Å². The zero-order valence-electron chi connectivity index (χ0n) is 24.4. The highest BCUT2D eigenvalue weighted by Crippen LogP contribution is 2.29. The number of anilines is 3. The van der Waals surface area contributed by atoms with Crippen molar-refractivity contribution >= 4 is 23.6 Å². The quantitative estimate of drug-likeness (QED) is 0.221. The molecule has 0 aliphatic heterocycles.